The van der Waals surface area contributed by atoms with Gasteiger partial charge in [0.15, 0.2) is 0 Å². The predicted molar refractivity (Wildman–Crippen MR) is 90.6 cm³/mol. The van der Waals surface area contributed by atoms with Crippen molar-refractivity contribution in [1.82, 2.24) is 4.90 Å². The first-order chi connectivity index (χ1) is 11.1. The fraction of sp³-hybridized carbons (Fsp3) is 0.278. The van der Waals surface area contributed by atoms with Gasteiger partial charge in [-0.25, -0.2) is 4.39 Å². The lowest BCUT2D eigenvalue weighted by Crippen LogP contribution is -2.54. The number of piperazine rings is 1. The molecule has 2 aromatic rings. The Bertz CT molecular complexity index is 687. The van der Waals surface area contributed by atoms with Crippen LogP contribution in [-0.2, 0) is 0 Å². The number of nitrogens with zero attached hydrogens (tertiary/aromatic N) is 2. The molecule has 2 aromatic carbocycles. The number of carbonyl (C=O) groups is 1. The minimum absolute atomic E-state index is 0.0328. The van der Waals surface area contributed by atoms with Crippen LogP contribution in [0, 0.1) is 5.82 Å². The topological polar surface area (TPSA) is 23.6 Å². The Labute approximate surface area is 140 Å². The fourth-order valence-electron chi connectivity index (χ4n) is 3.01. The molecular weight excluding hydrogens is 315 g/mol. The highest BCUT2D eigenvalue weighted by molar-refractivity contribution is 6.33. The van der Waals surface area contributed by atoms with Crippen molar-refractivity contribution in [2.75, 3.05) is 24.5 Å². The van der Waals surface area contributed by atoms with Crippen LogP contribution in [0.1, 0.15) is 17.3 Å². The molecule has 1 aliphatic heterocycles. The predicted octanol–water partition coefficient (Wildman–Crippen LogP) is 3.83. The highest BCUT2D eigenvalue weighted by atomic mass is 35.5. The normalized spacial score (nSPS) is 18.1. The van der Waals surface area contributed by atoms with Crippen molar-refractivity contribution in [2.24, 2.45) is 0 Å². The van der Waals surface area contributed by atoms with Gasteiger partial charge in [0.05, 0.1) is 10.6 Å². The van der Waals surface area contributed by atoms with Crippen LogP contribution in [0.15, 0.2) is 48.5 Å². The molecule has 0 saturated carbocycles. The number of carbonyl (C=O) groups excluding carboxylic acids is 1. The maximum Gasteiger partial charge on any atom is 0.258 e. The van der Waals surface area contributed by atoms with Crippen LogP contribution in [0.2, 0.25) is 5.02 Å². The van der Waals surface area contributed by atoms with Gasteiger partial charge in [-0.05, 0) is 31.2 Å². The standard InChI is InChI=1S/C18H18ClFN2O/c1-13-12-21(10-11-22(13)14-6-3-2-4-7-14)18(23)17-15(19)8-5-9-16(17)20/h2-9,13H,10-12H2,1H3. The maximum atomic E-state index is 14.0. The number of halogens is 2. The number of amides is 1. The van der Waals surface area contributed by atoms with E-state index in [2.05, 4.69) is 24.0 Å². The Balaban J connectivity index is 1.76. The lowest BCUT2D eigenvalue weighted by molar-refractivity contribution is 0.0722. The highest BCUT2D eigenvalue weighted by Crippen LogP contribution is 2.24. The Morgan fingerprint density at radius 1 is 1.13 bits per heavy atom. The van der Waals surface area contributed by atoms with Crippen LogP contribution in [0.5, 0.6) is 0 Å². The van der Waals surface area contributed by atoms with Crippen molar-refractivity contribution in [3.8, 4) is 0 Å². The van der Waals surface area contributed by atoms with Crippen LogP contribution in [0.25, 0.3) is 0 Å². The third-order valence-corrected chi connectivity index (χ3v) is 4.49. The Morgan fingerprint density at radius 2 is 1.87 bits per heavy atom. The zero-order valence-corrected chi connectivity index (χ0v) is 13.6. The molecule has 0 radical (unpaired) electrons. The molecule has 0 aromatic heterocycles. The van der Waals surface area contributed by atoms with Crippen molar-refractivity contribution in [3.63, 3.8) is 0 Å². The average Bonchev–Trinajstić information content (AvgIpc) is 2.55. The number of benzene rings is 2. The van der Waals surface area contributed by atoms with Crippen molar-refractivity contribution in [2.45, 2.75) is 13.0 Å². The largest absolute Gasteiger partial charge is 0.365 e. The zero-order chi connectivity index (χ0) is 16.4. The Hall–Kier alpha value is -2.07. The van der Waals surface area contributed by atoms with E-state index in [1.54, 1.807) is 11.0 Å². The fourth-order valence-corrected chi connectivity index (χ4v) is 3.25. The van der Waals surface area contributed by atoms with Gasteiger partial charge >= 0.3 is 0 Å². The van der Waals surface area contributed by atoms with Crippen LogP contribution >= 0.6 is 11.6 Å². The average molecular weight is 333 g/mol. The minimum atomic E-state index is -0.569. The summed E-state index contributed by atoms with van der Waals surface area (Å²) in [6.45, 7) is 3.86. The van der Waals surface area contributed by atoms with Gasteiger partial charge in [0.2, 0.25) is 0 Å². The molecule has 1 amide bonds. The summed E-state index contributed by atoms with van der Waals surface area (Å²) in [7, 11) is 0. The van der Waals surface area contributed by atoms with Gasteiger partial charge < -0.3 is 9.80 Å². The van der Waals surface area contributed by atoms with E-state index in [0.29, 0.717) is 19.6 Å². The second kappa shape index (κ2) is 6.59. The van der Waals surface area contributed by atoms with Gasteiger partial charge in [-0.15, -0.1) is 0 Å². The van der Waals surface area contributed by atoms with Gasteiger partial charge in [0.1, 0.15) is 5.82 Å². The van der Waals surface area contributed by atoms with E-state index >= 15 is 0 Å². The first-order valence-corrected chi connectivity index (χ1v) is 8.00. The Kier molecular flexibility index (Phi) is 4.53. The van der Waals surface area contributed by atoms with Gasteiger partial charge in [-0.3, -0.25) is 4.79 Å². The molecule has 120 valence electrons. The SMILES string of the molecule is CC1CN(C(=O)c2c(F)cccc2Cl)CCN1c1ccccc1. The first kappa shape index (κ1) is 15.8. The molecule has 0 aliphatic carbocycles. The van der Waals surface area contributed by atoms with E-state index in [1.165, 1.54) is 12.1 Å². The molecule has 1 saturated heterocycles. The van der Waals surface area contributed by atoms with Crippen molar-refractivity contribution in [3.05, 3.63) is 64.9 Å². The molecule has 3 nitrogen and oxygen atoms in total. The summed E-state index contributed by atoms with van der Waals surface area (Å²) in [5.41, 5.74) is 1.10. The third kappa shape index (κ3) is 3.17. The lowest BCUT2D eigenvalue weighted by Gasteiger charge is -2.41. The molecule has 3 rings (SSSR count). The van der Waals surface area contributed by atoms with E-state index in [0.717, 1.165) is 5.69 Å². The molecule has 23 heavy (non-hydrogen) atoms. The van der Waals surface area contributed by atoms with Gasteiger partial charge in [-0.1, -0.05) is 35.9 Å². The summed E-state index contributed by atoms with van der Waals surface area (Å²) in [4.78, 5) is 16.5. The summed E-state index contributed by atoms with van der Waals surface area (Å²) in [6.07, 6.45) is 0. The summed E-state index contributed by atoms with van der Waals surface area (Å²) in [6, 6.07) is 14.6. The van der Waals surface area contributed by atoms with Crippen molar-refractivity contribution < 1.29 is 9.18 Å². The molecule has 0 N–H and O–H groups in total. The molecule has 1 fully saturated rings. The minimum Gasteiger partial charge on any atom is -0.365 e. The quantitative estimate of drug-likeness (QED) is 0.834. The second-order valence-corrected chi connectivity index (χ2v) is 6.13. The maximum absolute atomic E-state index is 14.0. The zero-order valence-electron chi connectivity index (χ0n) is 12.9. The van der Waals surface area contributed by atoms with Crippen LogP contribution in [0.4, 0.5) is 10.1 Å². The van der Waals surface area contributed by atoms with Crippen LogP contribution < -0.4 is 4.90 Å². The number of hydrogen-bond donors (Lipinski definition) is 0. The first-order valence-electron chi connectivity index (χ1n) is 7.63. The number of rotatable bonds is 2. The van der Waals surface area contributed by atoms with E-state index in [9.17, 15) is 9.18 Å². The summed E-state index contributed by atoms with van der Waals surface area (Å²) in [5.74, 6) is -0.909. The molecule has 1 heterocycles. The van der Waals surface area contributed by atoms with Crippen LogP contribution in [0.3, 0.4) is 0 Å². The monoisotopic (exact) mass is 332 g/mol. The Morgan fingerprint density at radius 3 is 2.52 bits per heavy atom. The second-order valence-electron chi connectivity index (χ2n) is 5.73. The molecule has 1 aliphatic rings. The smallest absolute Gasteiger partial charge is 0.258 e. The number of anilines is 1. The summed E-state index contributed by atoms with van der Waals surface area (Å²) >= 11 is 6.01. The van der Waals surface area contributed by atoms with Crippen molar-refractivity contribution >= 4 is 23.2 Å². The molecule has 5 heteroatoms. The molecule has 0 spiro atoms. The lowest BCUT2D eigenvalue weighted by atomic mass is 10.1. The van der Waals surface area contributed by atoms with E-state index in [4.69, 9.17) is 11.6 Å². The third-order valence-electron chi connectivity index (χ3n) is 4.18. The van der Waals surface area contributed by atoms with Gasteiger partial charge in [-0.2, -0.15) is 0 Å². The molecular formula is C18H18ClFN2O. The summed E-state index contributed by atoms with van der Waals surface area (Å²) < 4.78 is 14.0. The molecule has 1 atom stereocenters. The van der Waals surface area contributed by atoms with E-state index in [-0.39, 0.29) is 22.5 Å². The van der Waals surface area contributed by atoms with Crippen molar-refractivity contribution in [1.29, 1.82) is 0 Å². The van der Waals surface area contributed by atoms with E-state index < -0.39 is 5.82 Å². The van der Waals surface area contributed by atoms with Gasteiger partial charge in [0.25, 0.3) is 5.91 Å². The van der Waals surface area contributed by atoms with Gasteiger partial charge in [0, 0.05) is 31.4 Å². The molecule has 0 bridgehead atoms. The summed E-state index contributed by atoms with van der Waals surface area (Å²) in [5, 5.41) is 0.160. The molecule has 1 unspecified atom stereocenters. The van der Waals surface area contributed by atoms with E-state index in [1.807, 2.05) is 18.2 Å². The highest BCUT2D eigenvalue weighted by Gasteiger charge is 2.29. The number of hydrogen-bond acceptors (Lipinski definition) is 2. The van der Waals surface area contributed by atoms with Crippen LogP contribution in [-0.4, -0.2) is 36.5 Å². The number of para-hydroxylation sites is 1.